The molecule has 6 heteroatoms. The first-order valence-corrected chi connectivity index (χ1v) is 9.40. The first kappa shape index (κ1) is 17.6. The Morgan fingerprint density at radius 2 is 1.93 bits per heavy atom. The highest BCUT2D eigenvalue weighted by molar-refractivity contribution is 6.30. The fourth-order valence-electron chi connectivity index (χ4n) is 3.38. The van der Waals surface area contributed by atoms with Crippen LogP contribution in [0.5, 0.6) is 11.6 Å². The van der Waals surface area contributed by atoms with Gasteiger partial charge >= 0.3 is 0 Å². The van der Waals surface area contributed by atoms with E-state index in [1.54, 1.807) is 24.3 Å². The van der Waals surface area contributed by atoms with Gasteiger partial charge in [-0.3, -0.25) is 9.89 Å². The van der Waals surface area contributed by atoms with Gasteiger partial charge in [-0.1, -0.05) is 29.8 Å². The number of aromatic nitrogens is 2. The quantitative estimate of drug-likeness (QED) is 0.701. The number of piperidine rings is 1. The molecule has 1 aliphatic rings. The van der Waals surface area contributed by atoms with E-state index in [4.69, 9.17) is 16.3 Å². The molecule has 1 saturated heterocycles. The molecule has 2 heterocycles. The molecule has 27 heavy (non-hydrogen) atoms. The molecule has 1 N–H and O–H groups in total. The fraction of sp³-hybridized carbons (Fsp3) is 0.238. The van der Waals surface area contributed by atoms with Crippen LogP contribution in [0, 0.1) is 0 Å². The smallest absolute Gasteiger partial charge is 0.253 e. The third kappa shape index (κ3) is 4.14. The number of likely N-dealkylation sites (tertiary alicyclic amines) is 1. The van der Waals surface area contributed by atoms with E-state index >= 15 is 0 Å². The number of carbonyl (C=O) groups is 1. The normalized spacial score (nSPS) is 16.9. The Bertz CT molecular complexity index is 909. The highest BCUT2D eigenvalue weighted by Gasteiger charge is 2.27. The highest BCUT2D eigenvalue weighted by atomic mass is 35.5. The van der Waals surface area contributed by atoms with Crippen LogP contribution in [-0.4, -0.2) is 34.1 Å². The molecule has 138 valence electrons. The standard InChI is InChI=1S/C21H20ClN3O2/c22-17-10-8-15(9-11-17)21(26)25-12-4-5-16(14-25)19-13-20(24-23-19)27-18-6-2-1-3-7-18/h1-3,6-11,13,16H,4-5,12,14H2,(H,23,24)/t16-/m0/s1. The minimum atomic E-state index is 0.0386. The van der Waals surface area contributed by atoms with E-state index in [0.29, 0.717) is 23.0 Å². The number of benzene rings is 2. The number of hydrogen-bond acceptors (Lipinski definition) is 3. The summed E-state index contributed by atoms with van der Waals surface area (Å²) in [5.41, 5.74) is 1.66. The van der Waals surface area contributed by atoms with Crippen molar-refractivity contribution in [2.75, 3.05) is 13.1 Å². The topological polar surface area (TPSA) is 58.2 Å². The van der Waals surface area contributed by atoms with Gasteiger partial charge in [0.15, 0.2) is 0 Å². The van der Waals surface area contributed by atoms with E-state index < -0.39 is 0 Å². The first-order valence-electron chi connectivity index (χ1n) is 9.02. The maximum atomic E-state index is 12.8. The molecule has 0 bridgehead atoms. The molecule has 0 aliphatic carbocycles. The number of amides is 1. The lowest BCUT2D eigenvalue weighted by molar-refractivity contribution is 0.0706. The van der Waals surface area contributed by atoms with Crippen LogP contribution in [0.15, 0.2) is 60.7 Å². The number of rotatable bonds is 4. The van der Waals surface area contributed by atoms with Gasteiger partial charge in [0.25, 0.3) is 5.91 Å². The predicted molar refractivity (Wildman–Crippen MR) is 104 cm³/mol. The van der Waals surface area contributed by atoms with Crippen LogP contribution in [-0.2, 0) is 0 Å². The monoisotopic (exact) mass is 381 g/mol. The van der Waals surface area contributed by atoms with Crippen molar-refractivity contribution in [3.8, 4) is 11.6 Å². The summed E-state index contributed by atoms with van der Waals surface area (Å²) in [5.74, 6) is 1.54. The van der Waals surface area contributed by atoms with E-state index in [-0.39, 0.29) is 11.8 Å². The zero-order valence-corrected chi connectivity index (χ0v) is 15.5. The Morgan fingerprint density at radius 3 is 2.70 bits per heavy atom. The number of nitrogens with one attached hydrogen (secondary N) is 1. The first-order chi connectivity index (χ1) is 13.2. The molecule has 1 fully saturated rings. The predicted octanol–water partition coefficient (Wildman–Crippen LogP) is 4.88. The maximum Gasteiger partial charge on any atom is 0.253 e. The zero-order valence-electron chi connectivity index (χ0n) is 14.8. The Kier molecular flexibility index (Phi) is 5.12. The molecule has 1 aliphatic heterocycles. The number of H-pyrrole nitrogens is 1. The average molecular weight is 382 g/mol. The number of carbonyl (C=O) groups excluding carboxylic acids is 1. The summed E-state index contributed by atoms with van der Waals surface area (Å²) >= 11 is 5.92. The Balaban J connectivity index is 1.44. The minimum absolute atomic E-state index is 0.0386. The summed E-state index contributed by atoms with van der Waals surface area (Å²) in [7, 11) is 0. The Morgan fingerprint density at radius 1 is 1.15 bits per heavy atom. The van der Waals surface area contributed by atoms with Crippen molar-refractivity contribution >= 4 is 17.5 Å². The minimum Gasteiger partial charge on any atom is -0.438 e. The third-order valence-corrected chi connectivity index (χ3v) is 5.03. The van der Waals surface area contributed by atoms with Gasteiger partial charge in [0.05, 0.1) is 0 Å². The summed E-state index contributed by atoms with van der Waals surface area (Å²) in [4.78, 5) is 14.7. The molecule has 1 aromatic heterocycles. The van der Waals surface area contributed by atoms with Gasteiger partial charge in [-0.15, -0.1) is 5.10 Å². The lowest BCUT2D eigenvalue weighted by Crippen LogP contribution is -2.39. The van der Waals surface area contributed by atoms with Gasteiger partial charge in [0.2, 0.25) is 5.88 Å². The van der Waals surface area contributed by atoms with Gasteiger partial charge in [-0.2, -0.15) is 0 Å². The van der Waals surface area contributed by atoms with Crippen molar-refractivity contribution in [2.24, 2.45) is 0 Å². The van der Waals surface area contributed by atoms with Gasteiger partial charge in [0, 0.05) is 41.4 Å². The van der Waals surface area contributed by atoms with Crippen molar-refractivity contribution in [3.63, 3.8) is 0 Å². The van der Waals surface area contributed by atoms with E-state index in [0.717, 1.165) is 30.8 Å². The summed E-state index contributed by atoms with van der Waals surface area (Å²) in [6.07, 6.45) is 1.97. The molecule has 0 spiro atoms. The molecule has 1 atom stereocenters. The largest absolute Gasteiger partial charge is 0.438 e. The molecule has 4 rings (SSSR count). The van der Waals surface area contributed by atoms with Crippen LogP contribution in [0.25, 0.3) is 0 Å². The van der Waals surface area contributed by atoms with Gasteiger partial charge in [0.1, 0.15) is 5.75 Å². The molecule has 1 amide bonds. The Hall–Kier alpha value is -2.79. The Labute approximate surface area is 162 Å². The number of halogens is 1. The van der Waals surface area contributed by atoms with Crippen molar-refractivity contribution in [1.82, 2.24) is 15.1 Å². The number of hydrogen-bond donors (Lipinski definition) is 1. The summed E-state index contributed by atoms with van der Waals surface area (Å²) in [6, 6.07) is 18.5. The molecule has 0 unspecified atom stereocenters. The summed E-state index contributed by atoms with van der Waals surface area (Å²) in [6.45, 7) is 1.42. The number of nitrogens with zero attached hydrogens (tertiary/aromatic N) is 2. The van der Waals surface area contributed by atoms with Crippen LogP contribution >= 0.6 is 11.6 Å². The third-order valence-electron chi connectivity index (χ3n) is 4.78. The number of aromatic amines is 1. The zero-order chi connectivity index (χ0) is 18.6. The second-order valence-electron chi connectivity index (χ2n) is 6.67. The summed E-state index contributed by atoms with van der Waals surface area (Å²) < 4.78 is 5.77. The average Bonchev–Trinajstić information content (AvgIpc) is 3.17. The van der Waals surface area contributed by atoms with Gasteiger partial charge < -0.3 is 9.64 Å². The van der Waals surface area contributed by atoms with E-state index in [2.05, 4.69) is 10.2 Å². The molecule has 0 saturated carbocycles. The lowest BCUT2D eigenvalue weighted by Gasteiger charge is -2.32. The van der Waals surface area contributed by atoms with E-state index in [1.165, 1.54) is 0 Å². The SMILES string of the molecule is O=C(c1ccc(Cl)cc1)N1CCC[C@H](c2cc(Oc3ccccc3)n[nH]2)C1. The van der Waals surface area contributed by atoms with E-state index in [1.807, 2.05) is 41.3 Å². The second-order valence-corrected chi connectivity index (χ2v) is 7.11. The number of para-hydroxylation sites is 1. The van der Waals surface area contributed by atoms with Crippen LogP contribution < -0.4 is 4.74 Å². The van der Waals surface area contributed by atoms with Crippen molar-refractivity contribution in [2.45, 2.75) is 18.8 Å². The molecule has 5 nitrogen and oxygen atoms in total. The van der Waals surface area contributed by atoms with Crippen LogP contribution in [0.4, 0.5) is 0 Å². The second kappa shape index (κ2) is 7.84. The molecular weight excluding hydrogens is 362 g/mol. The summed E-state index contributed by atoms with van der Waals surface area (Å²) in [5, 5.41) is 7.96. The molecule has 2 aromatic carbocycles. The van der Waals surface area contributed by atoms with Gasteiger partial charge in [-0.05, 0) is 49.2 Å². The highest BCUT2D eigenvalue weighted by Crippen LogP contribution is 2.29. The van der Waals surface area contributed by atoms with E-state index in [9.17, 15) is 4.79 Å². The van der Waals surface area contributed by atoms with Crippen LogP contribution in [0.2, 0.25) is 5.02 Å². The van der Waals surface area contributed by atoms with Crippen molar-refractivity contribution in [1.29, 1.82) is 0 Å². The van der Waals surface area contributed by atoms with Crippen molar-refractivity contribution in [3.05, 3.63) is 76.9 Å². The van der Waals surface area contributed by atoms with Gasteiger partial charge in [-0.25, -0.2) is 0 Å². The molecule has 3 aromatic rings. The van der Waals surface area contributed by atoms with Crippen LogP contribution in [0.1, 0.15) is 34.8 Å². The molecule has 0 radical (unpaired) electrons. The van der Waals surface area contributed by atoms with Crippen molar-refractivity contribution < 1.29 is 9.53 Å². The number of ether oxygens (including phenoxy) is 1. The maximum absolute atomic E-state index is 12.8. The fourth-order valence-corrected chi connectivity index (χ4v) is 3.50. The lowest BCUT2D eigenvalue weighted by atomic mass is 9.94. The molecular formula is C21H20ClN3O2. The van der Waals surface area contributed by atoms with Crippen LogP contribution in [0.3, 0.4) is 0 Å².